The number of carbonyl (C=O) groups excluding carboxylic acids is 1. The van der Waals surface area contributed by atoms with Gasteiger partial charge in [-0.3, -0.25) is 4.79 Å². The topological polar surface area (TPSA) is 64.3 Å². The fraction of sp³-hybridized carbons (Fsp3) is 0.417. The monoisotopic (exact) mass is 222 g/mol. The standard InChI is InChI=1S/C12H18N2O2/c1-9(2)12(15)14-7-8-16-11-6-4-3-5-10(11)13/h3-6,9H,7-8,13H2,1-2H3,(H,14,15). The third kappa shape index (κ3) is 3.81. The zero-order valence-electron chi connectivity index (χ0n) is 9.69. The van der Waals surface area contributed by atoms with Crippen molar-refractivity contribution in [3.05, 3.63) is 24.3 Å². The van der Waals surface area contributed by atoms with Crippen LogP contribution in [-0.4, -0.2) is 19.1 Å². The third-order valence-corrected chi connectivity index (χ3v) is 2.10. The number of nitrogens with one attached hydrogen (secondary N) is 1. The SMILES string of the molecule is CC(C)C(=O)NCCOc1ccccc1N. The van der Waals surface area contributed by atoms with Gasteiger partial charge in [0.1, 0.15) is 12.4 Å². The van der Waals surface area contributed by atoms with E-state index in [1.807, 2.05) is 26.0 Å². The van der Waals surface area contributed by atoms with E-state index in [9.17, 15) is 4.79 Å². The lowest BCUT2D eigenvalue weighted by Gasteiger charge is -2.10. The van der Waals surface area contributed by atoms with Gasteiger partial charge in [-0.2, -0.15) is 0 Å². The van der Waals surface area contributed by atoms with E-state index < -0.39 is 0 Å². The highest BCUT2D eigenvalue weighted by Gasteiger charge is 2.05. The zero-order chi connectivity index (χ0) is 12.0. The highest BCUT2D eigenvalue weighted by Crippen LogP contribution is 2.19. The highest BCUT2D eigenvalue weighted by molar-refractivity contribution is 5.77. The lowest BCUT2D eigenvalue weighted by atomic mass is 10.2. The van der Waals surface area contributed by atoms with Gasteiger partial charge in [-0.15, -0.1) is 0 Å². The fourth-order valence-corrected chi connectivity index (χ4v) is 1.15. The summed E-state index contributed by atoms with van der Waals surface area (Å²) in [7, 11) is 0. The van der Waals surface area contributed by atoms with Crippen molar-refractivity contribution in [2.24, 2.45) is 5.92 Å². The Morgan fingerprint density at radius 2 is 2.12 bits per heavy atom. The average molecular weight is 222 g/mol. The second-order valence-electron chi connectivity index (χ2n) is 3.83. The first-order valence-corrected chi connectivity index (χ1v) is 5.36. The maximum Gasteiger partial charge on any atom is 0.222 e. The molecular weight excluding hydrogens is 204 g/mol. The normalized spacial score (nSPS) is 10.2. The van der Waals surface area contributed by atoms with Crippen LogP contribution in [-0.2, 0) is 4.79 Å². The molecule has 0 saturated heterocycles. The molecule has 0 aliphatic carbocycles. The summed E-state index contributed by atoms with van der Waals surface area (Å²) in [6.45, 7) is 4.62. The molecule has 4 heteroatoms. The minimum Gasteiger partial charge on any atom is -0.490 e. The van der Waals surface area contributed by atoms with E-state index in [0.29, 0.717) is 24.6 Å². The minimum absolute atomic E-state index is 0.00166. The van der Waals surface area contributed by atoms with Gasteiger partial charge in [0.15, 0.2) is 0 Å². The summed E-state index contributed by atoms with van der Waals surface area (Å²) >= 11 is 0. The molecule has 3 N–H and O–H groups in total. The van der Waals surface area contributed by atoms with Crippen molar-refractivity contribution in [1.29, 1.82) is 0 Å². The molecule has 0 aromatic heterocycles. The van der Waals surface area contributed by atoms with E-state index in [1.54, 1.807) is 12.1 Å². The molecule has 0 radical (unpaired) electrons. The van der Waals surface area contributed by atoms with Crippen molar-refractivity contribution in [1.82, 2.24) is 5.32 Å². The Morgan fingerprint density at radius 1 is 1.44 bits per heavy atom. The number of anilines is 1. The van der Waals surface area contributed by atoms with Gasteiger partial charge in [-0.05, 0) is 12.1 Å². The summed E-state index contributed by atoms with van der Waals surface area (Å²) < 4.78 is 5.43. The summed E-state index contributed by atoms with van der Waals surface area (Å²) in [5.74, 6) is 0.688. The Bertz CT molecular complexity index is 351. The number of carbonyl (C=O) groups is 1. The largest absolute Gasteiger partial charge is 0.490 e. The second-order valence-corrected chi connectivity index (χ2v) is 3.83. The molecule has 0 atom stereocenters. The van der Waals surface area contributed by atoms with Crippen LogP contribution in [0.1, 0.15) is 13.8 Å². The van der Waals surface area contributed by atoms with Crippen LogP contribution < -0.4 is 15.8 Å². The molecule has 0 aliphatic rings. The van der Waals surface area contributed by atoms with Crippen LogP contribution in [0.2, 0.25) is 0 Å². The molecule has 0 spiro atoms. The maximum absolute atomic E-state index is 11.2. The summed E-state index contributed by atoms with van der Waals surface area (Å²) in [6, 6.07) is 7.29. The lowest BCUT2D eigenvalue weighted by molar-refractivity contribution is -0.124. The zero-order valence-corrected chi connectivity index (χ0v) is 9.69. The van der Waals surface area contributed by atoms with Gasteiger partial charge in [-0.25, -0.2) is 0 Å². The first-order valence-electron chi connectivity index (χ1n) is 5.36. The Labute approximate surface area is 95.8 Å². The number of amides is 1. The van der Waals surface area contributed by atoms with Crippen LogP contribution in [0.3, 0.4) is 0 Å². The van der Waals surface area contributed by atoms with Crippen LogP contribution in [0.15, 0.2) is 24.3 Å². The predicted molar refractivity (Wildman–Crippen MR) is 64.2 cm³/mol. The van der Waals surface area contributed by atoms with Crippen molar-refractivity contribution >= 4 is 11.6 Å². The molecule has 1 aromatic carbocycles. The number of benzene rings is 1. The number of ether oxygens (including phenoxy) is 1. The smallest absolute Gasteiger partial charge is 0.222 e. The van der Waals surface area contributed by atoms with Crippen LogP contribution in [0.5, 0.6) is 5.75 Å². The number of para-hydroxylation sites is 2. The number of hydrogen-bond acceptors (Lipinski definition) is 3. The van der Waals surface area contributed by atoms with E-state index in [-0.39, 0.29) is 11.8 Å². The number of rotatable bonds is 5. The van der Waals surface area contributed by atoms with E-state index >= 15 is 0 Å². The van der Waals surface area contributed by atoms with Gasteiger partial charge < -0.3 is 15.8 Å². The molecule has 1 rings (SSSR count). The first-order chi connectivity index (χ1) is 7.61. The maximum atomic E-state index is 11.2. The fourth-order valence-electron chi connectivity index (χ4n) is 1.15. The summed E-state index contributed by atoms with van der Waals surface area (Å²) in [6.07, 6.45) is 0. The van der Waals surface area contributed by atoms with E-state index in [1.165, 1.54) is 0 Å². The molecule has 1 amide bonds. The molecule has 4 nitrogen and oxygen atoms in total. The van der Waals surface area contributed by atoms with Gasteiger partial charge in [0.25, 0.3) is 0 Å². The van der Waals surface area contributed by atoms with Crippen LogP contribution >= 0.6 is 0 Å². The van der Waals surface area contributed by atoms with Crippen molar-refractivity contribution in [3.8, 4) is 5.75 Å². The molecule has 16 heavy (non-hydrogen) atoms. The van der Waals surface area contributed by atoms with Crippen molar-refractivity contribution < 1.29 is 9.53 Å². The van der Waals surface area contributed by atoms with Gasteiger partial charge in [-0.1, -0.05) is 26.0 Å². The molecule has 0 aliphatic heterocycles. The van der Waals surface area contributed by atoms with Crippen molar-refractivity contribution in [2.75, 3.05) is 18.9 Å². The van der Waals surface area contributed by atoms with E-state index in [4.69, 9.17) is 10.5 Å². The Kier molecular flexibility index (Phi) is 4.64. The summed E-state index contributed by atoms with van der Waals surface area (Å²) in [5.41, 5.74) is 6.31. The quantitative estimate of drug-likeness (QED) is 0.585. The summed E-state index contributed by atoms with van der Waals surface area (Å²) in [4.78, 5) is 11.2. The predicted octanol–water partition coefficient (Wildman–Crippen LogP) is 1.42. The van der Waals surface area contributed by atoms with Crippen molar-refractivity contribution in [2.45, 2.75) is 13.8 Å². The van der Waals surface area contributed by atoms with Gasteiger partial charge in [0, 0.05) is 5.92 Å². The van der Waals surface area contributed by atoms with E-state index in [0.717, 1.165) is 0 Å². The minimum atomic E-state index is 0.00166. The van der Waals surface area contributed by atoms with Crippen LogP contribution in [0.4, 0.5) is 5.69 Å². The molecule has 0 fully saturated rings. The number of hydrogen-bond donors (Lipinski definition) is 2. The van der Waals surface area contributed by atoms with Crippen LogP contribution in [0.25, 0.3) is 0 Å². The molecule has 0 bridgehead atoms. The molecular formula is C12H18N2O2. The van der Waals surface area contributed by atoms with Gasteiger partial charge >= 0.3 is 0 Å². The highest BCUT2D eigenvalue weighted by atomic mass is 16.5. The lowest BCUT2D eigenvalue weighted by Crippen LogP contribution is -2.31. The second kappa shape index (κ2) is 6.00. The third-order valence-electron chi connectivity index (χ3n) is 2.10. The Balaban J connectivity index is 2.26. The number of nitrogens with two attached hydrogens (primary N) is 1. The summed E-state index contributed by atoms with van der Waals surface area (Å²) in [5, 5.41) is 2.77. The molecule has 1 aromatic rings. The number of nitrogen functional groups attached to an aromatic ring is 1. The van der Waals surface area contributed by atoms with E-state index in [2.05, 4.69) is 5.32 Å². The van der Waals surface area contributed by atoms with Crippen molar-refractivity contribution in [3.63, 3.8) is 0 Å². The van der Waals surface area contributed by atoms with Crippen LogP contribution in [0, 0.1) is 5.92 Å². The molecule has 88 valence electrons. The average Bonchev–Trinajstić information content (AvgIpc) is 2.26. The first kappa shape index (κ1) is 12.4. The van der Waals surface area contributed by atoms with Gasteiger partial charge in [0.2, 0.25) is 5.91 Å². The van der Waals surface area contributed by atoms with Gasteiger partial charge in [0.05, 0.1) is 12.2 Å². The molecule has 0 heterocycles. The Hall–Kier alpha value is -1.71. The Morgan fingerprint density at radius 3 is 2.75 bits per heavy atom. The molecule has 0 unspecified atom stereocenters. The molecule has 0 saturated carbocycles.